The van der Waals surface area contributed by atoms with Gasteiger partial charge in [0.25, 0.3) is 0 Å². The molecule has 0 unspecified atom stereocenters. The Morgan fingerprint density at radius 2 is 2.09 bits per heavy atom. The molecular weight excluding hydrogens is 278 g/mol. The van der Waals surface area contributed by atoms with Gasteiger partial charge in [-0.25, -0.2) is 0 Å². The van der Waals surface area contributed by atoms with Crippen LogP contribution in [0.4, 0.5) is 0 Å². The molecule has 2 heterocycles. The van der Waals surface area contributed by atoms with Crippen molar-refractivity contribution in [3.8, 4) is 0 Å². The monoisotopic (exact) mass is 297 g/mol. The number of unbranched alkanes of at least 4 members (excludes halogenated alkanes) is 1. The van der Waals surface area contributed by atoms with Crippen LogP contribution < -0.4 is 5.73 Å². The van der Waals surface area contributed by atoms with Crippen molar-refractivity contribution in [3.05, 3.63) is 41.7 Å². The van der Waals surface area contributed by atoms with Crippen LogP contribution in [0.5, 0.6) is 0 Å². The van der Waals surface area contributed by atoms with Crippen molar-refractivity contribution in [2.24, 2.45) is 5.73 Å². The maximum Gasteiger partial charge on any atom is 0.217 e. The first kappa shape index (κ1) is 14.5. The zero-order chi connectivity index (χ0) is 15.5. The molecule has 0 radical (unpaired) electrons. The first-order chi connectivity index (χ1) is 10.7. The molecule has 0 fully saturated rings. The van der Waals surface area contributed by atoms with E-state index in [-0.39, 0.29) is 12.5 Å². The Kier molecular flexibility index (Phi) is 4.06. The number of carbonyl (C=O) groups excluding carboxylic acids is 1. The lowest BCUT2D eigenvalue weighted by Crippen LogP contribution is -2.09. The first-order valence-electron chi connectivity index (χ1n) is 7.46. The number of aliphatic hydroxyl groups is 1. The Morgan fingerprint density at radius 1 is 1.23 bits per heavy atom. The summed E-state index contributed by atoms with van der Waals surface area (Å²) in [5.74, 6) is -0.256. The molecule has 0 spiro atoms. The van der Waals surface area contributed by atoms with Crippen LogP contribution in [-0.2, 0) is 17.8 Å². The lowest BCUT2D eigenvalue weighted by atomic mass is 10.1. The van der Waals surface area contributed by atoms with Crippen molar-refractivity contribution in [2.75, 3.05) is 0 Å². The van der Waals surface area contributed by atoms with Crippen molar-refractivity contribution >= 4 is 27.7 Å². The number of aryl methyl sites for hydroxylation is 1. The molecule has 0 aliphatic heterocycles. The van der Waals surface area contributed by atoms with E-state index >= 15 is 0 Å². The zero-order valence-electron chi connectivity index (χ0n) is 12.3. The molecule has 3 aromatic rings. The van der Waals surface area contributed by atoms with Crippen LogP contribution in [0.15, 0.2) is 30.5 Å². The minimum Gasteiger partial charge on any atom is -0.392 e. The third-order valence-corrected chi connectivity index (χ3v) is 3.93. The summed E-state index contributed by atoms with van der Waals surface area (Å²) in [7, 11) is 0. The van der Waals surface area contributed by atoms with Gasteiger partial charge in [-0.2, -0.15) is 0 Å². The molecule has 2 aromatic heterocycles. The number of fused-ring (bicyclic) bond motifs is 3. The highest BCUT2D eigenvalue weighted by atomic mass is 16.3. The molecule has 0 aliphatic carbocycles. The van der Waals surface area contributed by atoms with Crippen molar-refractivity contribution < 1.29 is 9.90 Å². The van der Waals surface area contributed by atoms with Crippen molar-refractivity contribution in [3.63, 3.8) is 0 Å². The summed E-state index contributed by atoms with van der Waals surface area (Å²) < 4.78 is 0. The molecule has 0 bridgehead atoms. The minimum atomic E-state index is -0.256. The predicted molar refractivity (Wildman–Crippen MR) is 86.3 cm³/mol. The number of pyridine rings is 1. The number of carbonyl (C=O) groups is 1. The number of nitrogens with zero attached hydrogens (tertiary/aromatic N) is 1. The van der Waals surface area contributed by atoms with E-state index in [2.05, 4.69) is 9.97 Å². The second kappa shape index (κ2) is 6.15. The molecule has 0 atom stereocenters. The van der Waals surface area contributed by atoms with E-state index in [1.165, 1.54) is 0 Å². The van der Waals surface area contributed by atoms with Gasteiger partial charge >= 0.3 is 0 Å². The highest BCUT2D eigenvalue weighted by Crippen LogP contribution is 2.28. The number of nitrogens with one attached hydrogen (secondary N) is 1. The Bertz CT molecular complexity index is 823. The molecule has 114 valence electrons. The number of benzene rings is 1. The summed E-state index contributed by atoms with van der Waals surface area (Å²) in [4.78, 5) is 18.7. The van der Waals surface area contributed by atoms with Gasteiger partial charge in [-0.05, 0) is 37.0 Å². The summed E-state index contributed by atoms with van der Waals surface area (Å²) in [6, 6.07) is 7.92. The third-order valence-electron chi connectivity index (χ3n) is 3.93. The Hall–Kier alpha value is -2.40. The third kappa shape index (κ3) is 2.80. The number of H-pyrrole nitrogens is 1. The molecule has 1 aromatic carbocycles. The van der Waals surface area contributed by atoms with Crippen LogP contribution in [0.2, 0.25) is 0 Å². The van der Waals surface area contributed by atoms with Gasteiger partial charge in [0.15, 0.2) is 0 Å². The van der Waals surface area contributed by atoms with Gasteiger partial charge in [0.05, 0.1) is 17.8 Å². The zero-order valence-corrected chi connectivity index (χ0v) is 12.3. The van der Waals surface area contributed by atoms with Gasteiger partial charge in [0.2, 0.25) is 5.91 Å². The van der Waals surface area contributed by atoms with E-state index in [0.29, 0.717) is 6.42 Å². The van der Waals surface area contributed by atoms with E-state index in [4.69, 9.17) is 5.73 Å². The lowest BCUT2D eigenvalue weighted by molar-refractivity contribution is -0.118. The molecule has 0 saturated carbocycles. The van der Waals surface area contributed by atoms with E-state index in [9.17, 15) is 9.90 Å². The fourth-order valence-corrected chi connectivity index (χ4v) is 2.81. The average Bonchev–Trinajstić information content (AvgIpc) is 2.89. The predicted octanol–water partition coefficient (Wildman–Crippen LogP) is 2.41. The van der Waals surface area contributed by atoms with Crippen LogP contribution in [0, 0.1) is 0 Å². The number of aromatic nitrogens is 2. The number of hydrogen-bond acceptors (Lipinski definition) is 3. The molecule has 5 heteroatoms. The number of aliphatic hydroxyl groups excluding tert-OH is 1. The summed E-state index contributed by atoms with van der Waals surface area (Å²) in [5, 5.41) is 11.5. The van der Waals surface area contributed by atoms with Crippen molar-refractivity contribution in [2.45, 2.75) is 32.3 Å². The maximum absolute atomic E-state index is 10.8. The minimum absolute atomic E-state index is 0.0313. The first-order valence-corrected chi connectivity index (χ1v) is 7.46. The van der Waals surface area contributed by atoms with Gasteiger partial charge in [-0.3, -0.25) is 9.78 Å². The van der Waals surface area contributed by atoms with Crippen LogP contribution in [0.3, 0.4) is 0 Å². The summed E-state index contributed by atoms with van der Waals surface area (Å²) >= 11 is 0. The van der Waals surface area contributed by atoms with Gasteiger partial charge in [0.1, 0.15) is 0 Å². The average molecular weight is 297 g/mol. The SMILES string of the molecule is NC(=O)CCCCc1nccc2c1[nH]c1cc(CO)ccc12. The summed E-state index contributed by atoms with van der Waals surface area (Å²) in [6.07, 6.45) is 4.71. The largest absolute Gasteiger partial charge is 0.392 e. The van der Waals surface area contributed by atoms with E-state index < -0.39 is 0 Å². The number of aromatic amines is 1. The Balaban J connectivity index is 1.92. The van der Waals surface area contributed by atoms with Gasteiger partial charge in [-0.15, -0.1) is 0 Å². The fourth-order valence-electron chi connectivity index (χ4n) is 2.81. The molecule has 0 saturated heterocycles. The highest BCUT2D eigenvalue weighted by molar-refractivity contribution is 6.07. The van der Waals surface area contributed by atoms with Crippen molar-refractivity contribution in [1.82, 2.24) is 9.97 Å². The normalized spacial score (nSPS) is 11.3. The number of rotatable bonds is 6. The topological polar surface area (TPSA) is 92.0 Å². The molecule has 5 nitrogen and oxygen atoms in total. The molecule has 0 aliphatic rings. The molecule has 4 N–H and O–H groups in total. The summed E-state index contributed by atoms with van der Waals surface area (Å²) in [5.41, 5.74) is 9.09. The quantitative estimate of drug-likeness (QED) is 0.610. The smallest absolute Gasteiger partial charge is 0.217 e. The maximum atomic E-state index is 10.8. The van der Waals surface area contributed by atoms with Crippen LogP contribution in [0.25, 0.3) is 21.8 Å². The van der Waals surface area contributed by atoms with Gasteiger partial charge in [-0.1, -0.05) is 12.1 Å². The standard InChI is InChI=1S/C17H19N3O2/c18-16(22)4-2-1-3-14-17-13(7-8-19-14)12-6-5-11(10-21)9-15(12)20-17/h5-9,20-21H,1-4,10H2,(H2,18,22). The molecule has 3 rings (SSSR count). The van der Waals surface area contributed by atoms with E-state index in [1.807, 2.05) is 30.5 Å². The summed E-state index contributed by atoms with van der Waals surface area (Å²) in [6.45, 7) is 0.0313. The van der Waals surface area contributed by atoms with Gasteiger partial charge < -0.3 is 15.8 Å². The van der Waals surface area contributed by atoms with Crippen LogP contribution in [-0.4, -0.2) is 21.0 Å². The molecular formula is C17H19N3O2. The van der Waals surface area contributed by atoms with E-state index in [0.717, 1.165) is 52.3 Å². The van der Waals surface area contributed by atoms with Gasteiger partial charge in [0, 0.05) is 28.9 Å². The highest BCUT2D eigenvalue weighted by Gasteiger charge is 2.09. The number of amides is 1. The van der Waals surface area contributed by atoms with Crippen LogP contribution in [0.1, 0.15) is 30.5 Å². The number of hydrogen-bond donors (Lipinski definition) is 3. The molecule has 22 heavy (non-hydrogen) atoms. The van der Waals surface area contributed by atoms with E-state index in [1.54, 1.807) is 0 Å². The molecule has 1 amide bonds. The lowest BCUT2D eigenvalue weighted by Gasteiger charge is -2.01. The number of primary amides is 1. The van der Waals surface area contributed by atoms with Crippen molar-refractivity contribution in [1.29, 1.82) is 0 Å². The Labute approximate surface area is 128 Å². The Morgan fingerprint density at radius 3 is 2.86 bits per heavy atom. The van der Waals surface area contributed by atoms with Crippen LogP contribution >= 0.6 is 0 Å². The fraction of sp³-hybridized carbons (Fsp3) is 0.294. The second-order valence-electron chi connectivity index (χ2n) is 5.52. The second-order valence-corrected chi connectivity index (χ2v) is 5.52. The number of nitrogens with two attached hydrogens (primary N) is 1.